The van der Waals surface area contributed by atoms with Crippen molar-refractivity contribution in [2.24, 2.45) is 0 Å². The second kappa shape index (κ2) is 10.5. The van der Waals surface area contributed by atoms with Gasteiger partial charge in [0.1, 0.15) is 29.1 Å². The fourth-order valence-electron chi connectivity index (χ4n) is 3.49. The highest BCUT2D eigenvalue weighted by molar-refractivity contribution is 6.11. The number of nitrogens with zero attached hydrogens (tertiary/aromatic N) is 3. The Labute approximate surface area is 200 Å². The van der Waals surface area contributed by atoms with Crippen molar-refractivity contribution in [3.8, 4) is 5.75 Å². The van der Waals surface area contributed by atoms with Crippen LogP contribution in [0.25, 0.3) is 0 Å². The van der Waals surface area contributed by atoms with E-state index < -0.39 is 29.5 Å². The Morgan fingerprint density at radius 2 is 1.63 bits per heavy atom. The second-order valence-electron chi connectivity index (χ2n) is 7.42. The number of carbonyl (C=O) groups excluding carboxylic acids is 2. The number of methoxy groups -OCH3 is 1. The maximum Gasteiger partial charge on any atom is 0.279 e. The van der Waals surface area contributed by atoms with E-state index in [0.29, 0.717) is 17.0 Å². The lowest BCUT2D eigenvalue weighted by Gasteiger charge is -2.31. The minimum Gasteiger partial charge on any atom is -0.497 e. The molecule has 1 N–H and O–H groups in total. The molecule has 0 spiro atoms. The molecule has 176 valence electrons. The molecule has 0 fully saturated rings. The van der Waals surface area contributed by atoms with Crippen molar-refractivity contribution in [2.75, 3.05) is 17.3 Å². The number of hydrogen-bond donors (Lipinski definition) is 1. The molecule has 1 aromatic heterocycles. The first-order valence-electron chi connectivity index (χ1n) is 10.5. The molecule has 9 heteroatoms. The smallest absolute Gasteiger partial charge is 0.279 e. The molecule has 0 aliphatic heterocycles. The van der Waals surface area contributed by atoms with E-state index in [1.807, 2.05) is 0 Å². The van der Waals surface area contributed by atoms with Crippen LogP contribution in [0.1, 0.15) is 22.1 Å². The largest absolute Gasteiger partial charge is 0.497 e. The van der Waals surface area contributed by atoms with Gasteiger partial charge in [0.15, 0.2) is 0 Å². The third-order valence-electron chi connectivity index (χ3n) is 5.13. The van der Waals surface area contributed by atoms with Crippen molar-refractivity contribution in [3.05, 3.63) is 114 Å². The number of ether oxygens (including phenoxy) is 1. The molecular formula is C26H20F2N4O3. The van der Waals surface area contributed by atoms with Crippen LogP contribution in [0.2, 0.25) is 0 Å². The number of carbonyl (C=O) groups is 2. The van der Waals surface area contributed by atoms with Crippen LogP contribution in [-0.2, 0) is 4.79 Å². The van der Waals surface area contributed by atoms with Crippen molar-refractivity contribution in [1.82, 2.24) is 9.97 Å². The van der Waals surface area contributed by atoms with Crippen LogP contribution in [0, 0.1) is 11.6 Å². The zero-order valence-corrected chi connectivity index (χ0v) is 18.6. The Morgan fingerprint density at radius 3 is 2.26 bits per heavy atom. The van der Waals surface area contributed by atoms with E-state index in [1.54, 1.807) is 24.3 Å². The van der Waals surface area contributed by atoms with Crippen molar-refractivity contribution in [2.45, 2.75) is 6.04 Å². The molecule has 3 aromatic carbocycles. The summed E-state index contributed by atoms with van der Waals surface area (Å²) in [6.07, 6.45) is 4.05. The van der Waals surface area contributed by atoms with E-state index >= 15 is 0 Å². The third-order valence-corrected chi connectivity index (χ3v) is 5.13. The monoisotopic (exact) mass is 474 g/mol. The summed E-state index contributed by atoms with van der Waals surface area (Å²) >= 11 is 0. The molecule has 0 unspecified atom stereocenters. The molecule has 2 amide bonds. The summed E-state index contributed by atoms with van der Waals surface area (Å²) in [7, 11) is 1.48. The lowest BCUT2D eigenvalue weighted by Crippen LogP contribution is -2.42. The quantitative estimate of drug-likeness (QED) is 0.416. The van der Waals surface area contributed by atoms with Crippen LogP contribution in [0.3, 0.4) is 0 Å². The third kappa shape index (κ3) is 5.47. The van der Waals surface area contributed by atoms with Gasteiger partial charge in [0.05, 0.1) is 13.3 Å². The van der Waals surface area contributed by atoms with Crippen LogP contribution in [0.5, 0.6) is 5.75 Å². The Balaban J connectivity index is 1.85. The van der Waals surface area contributed by atoms with E-state index in [2.05, 4.69) is 15.3 Å². The fraction of sp³-hybridized carbons (Fsp3) is 0.0769. The number of nitrogens with one attached hydrogen (secondary N) is 1. The first kappa shape index (κ1) is 23.5. The lowest BCUT2D eigenvalue weighted by atomic mass is 10.0. The number of aromatic nitrogens is 2. The average Bonchev–Trinajstić information content (AvgIpc) is 2.89. The van der Waals surface area contributed by atoms with Crippen molar-refractivity contribution >= 4 is 23.2 Å². The molecule has 4 aromatic rings. The maximum absolute atomic E-state index is 13.7. The van der Waals surface area contributed by atoms with Gasteiger partial charge in [-0.25, -0.2) is 13.8 Å². The van der Waals surface area contributed by atoms with E-state index in [4.69, 9.17) is 4.74 Å². The number of rotatable bonds is 7. The zero-order chi connectivity index (χ0) is 24.8. The fourth-order valence-corrected chi connectivity index (χ4v) is 3.49. The van der Waals surface area contributed by atoms with Gasteiger partial charge in [-0.3, -0.25) is 19.5 Å². The van der Waals surface area contributed by atoms with Gasteiger partial charge in [0.2, 0.25) is 0 Å². The SMILES string of the molecule is COc1cccc([C@@H](C(=O)Nc2ccc(F)cc2)N(C(=O)c2cnccn2)c2ccc(F)cc2)c1. The van der Waals surface area contributed by atoms with E-state index in [1.165, 1.54) is 79.1 Å². The highest BCUT2D eigenvalue weighted by Gasteiger charge is 2.34. The van der Waals surface area contributed by atoms with Gasteiger partial charge in [-0.1, -0.05) is 12.1 Å². The summed E-state index contributed by atoms with van der Waals surface area (Å²) in [4.78, 5) is 36.6. The molecule has 0 aliphatic carbocycles. The highest BCUT2D eigenvalue weighted by Crippen LogP contribution is 2.32. The standard InChI is InChI=1S/C26H20F2N4O3/c1-35-22-4-2-3-17(15-22)24(25(33)31-20-9-5-18(27)6-10-20)32(21-11-7-19(28)8-12-21)26(34)23-16-29-13-14-30-23/h2-16,24H,1H3,(H,31,33)/t24-/m0/s1. The Hall–Kier alpha value is -4.66. The van der Waals surface area contributed by atoms with Crippen LogP contribution in [0.4, 0.5) is 20.2 Å². The van der Waals surface area contributed by atoms with Gasteiger partial charge in [0.25, 0.3) is 11.8 Å². The summed E-state index contributed by atoms with van der Waals surface area (Å²) in [6.45, 7) is 0. The zero-order valence-electron chi connectivity index (χ0n) is 18.6. The minimum absolute atomic E-state index is 0.0145. The average molecular weight is 474 g/mol. The Morgan fingerprint density at radius 1 is 0.943 bits per heavy atom. The topological polar surface area (TPSA) is 84.4 Å². The summed E-state index contributed by atoms with van der Waals surface area (Å²) in [5.41, 5.74) is 0.990. The number of amides is 2. The van der Waals surface area contributed by atoms with Crippen LogP contribution < -0.4 is 15.0 Å². The summed E-state index contributed by atoms with van der Waals surface area (Å²) in [5.74, 6) is -1.72. The van der Waals surface area contributed by atoms with Gasteiger partial charge < -0.3 is 10.1 Å². The molecule has 7 nitrogen and oxygen atoms in total. The van der Waals surface area contributed by atoms with Crippen LogP contribution in [0.15, 0.2) is 91.4 Å². The van der Waals surface area contributed by atoms with Crippen molar-refractivity contribution in [1.29, 1.82) is 0 Å². The first-order valence-corrected chi connectivity index (χ1v) is 10.5. The second-order valence-corrected chi connectivity index (χ2v) is 7.42. The van der Waals surface area contributed by atoms with Crippen LogP contribution in [-0.4, -0.2) is 28.9 Å². The molecule has 0 saturated heterocycles. The van der Waals surface area contributed by atoms with Gasteiger partial charge in [-0.15, -0.1) is 0 Å². The summed E-state index contributed by atoms with van der Waals surface area (Å²) < 4.78 is 32.4. The number of halogens is 2. The Kier molecular flexibility index (Phi) is 7.06. The first-order chi connectivity index (χ1) is 17.0. The normalized spacial score (nSPS) is 11.4. The minimum atomic E-state index is -1.23. The number of hydrogen-bond acceptors (Lipinski definition) is 5. The molecule has 0 aliphatic rings. The summed E-state index contributed by atoms with van der Waals surface area (Å²) in [6, 6.07) is 15.8. The maximum atomic E-state index is 13.7. The Bertz CT molecular complexity index is 1320. The van der Waals surface area contributed by atoms with Crippen molar-refractivity contribution in [3.63, 3.8) is 0 Å². The molecule has 4 rings (SSSR count). The van der Waals surface area contributed by atoms with Gasteiger partial charge in [-0.2, -0.15) is 0 Å². The molecule has 1 atom stereocenters. The summed E-state index contributed by atoms with van der Waals surface area (Å²) in [5, 5.41) is 2.72. The predicted octanol–water partition coefficient (Wildman–Crippen LogP) is 4.79. The number of benzene rings is 3. The molecule has 1 heterocycles. The van der Waals surface area contributed by atoms with Crippen LogP contribution >= 0.6 is 0 Å². The van der Waals surface area contributed by atoms with E-state index in [0.717, 1.165) is 0 Å². The van der Waals surface area contributed by atoms with Gasteiger partial charge in [0, 0.05) is 23.8 Å². The van der Waals surface area contributed by atoms with E-state index in [9.17, 15) is 18.4 Å². The van der Waals surface area contributed by atoms with Crippen molar-refractivity contribution < 1.29 is 23.1 Å². The lowest BCUT2D eigenvalue weighted by molar-refractivity contribution is -0.117. The molecule has 0 bridgehead atoms. The highest BCUT2D eigenvalue weighted by atomic mass is 19.1. The van der Waals surface area contributed by atoms with Gasteiger partial charge >= 0.3 is 0 Å². The molecular weight excluding hydrogens is 454 g/mol. The predicted molar refractivity (Wildman–Crippen MR) is 126 cm³/mol. The molecule has 0 radical (unpaired) electrons. The van der Waals surface area contributed by atoms with Gasteiger partial charge in [-0.05, 0) is 66.2 Å². The number of anilines is 2. The molecule has 35 heavy (non-hydrogen) atoms. The van der Waals surface area contributed by atoms with E-state index in [-0.39, 0.29) is 11.4 Å². The molecule has 0 saturated carbocycles.